The number of benzene rings is 1. The molecule has 2 aromatic heterocycles. The van der Waals surface area contributed by atoms with Crippen molar-refractivity contribution in [2.75, 3.05) is 44.4 Å². The molecule has 9 heteroatoms. The molecule has 0 radical (unpaired) electrons. The van der Waals surface area contributed by atoms with Crippen LogP contribution >= 0.6 is 0 Å². The fourth-order valence-corrected chi connectivity index (χ4v) is 6.68. The summed E-state index contributed by atoms with van der Waals surface area (Å²) in [5.74, 6) is 2.51. The lowest BCUT2D eigenvalue weighted by Crippen LogP contribution is -2.59. The number of hydrogen-bond acceptors (Lipinski definition) is 8. The molecule has 4 aliphatic rings. The third kappa shape index (κ3) is 3.63. The van der Waals surface area contributed by atoms with Gasteiger partial charge >= 0.3 is 0 Å². The van der Waals surface area contributed by atoms with Gasteiger partial charge in [0.2, 0.25) is 0 Å². The quantitative estimate of drug-likeness (QED) is 0.596. The van der Waals surface area contributed by atoms with Gasteiger partial charge in [-0.1, -0.05) is 0 Å². The fraction of sp³-hybridized carbons (Fsp3) is 0.593. The molecule has 0 saturated carbocycles. The van der Waals surface area contributed by atoms with Crippen LogP contribution in [0.2, 0.25) is 0 Å². The van der Waals surface area contributed by atoms with Crippen LogP contribution in [0.15, 0.2) is 24.4 Å². The Morgan fingerprint density at radius 2 is 1.89 bits per heavy atom. The molecule has 190 valence electrons. The van der Waals surface area contributed by atoms with Crippen molar-refractivity contribution >= 4 is 16.7 Å². The number of nitrogens with zero attached hydrogens (tertiary/aromatic N) is 6. The van der Waals surface area contributed by atoms with Gasteiger partial charge in [-0.15, -0.1) is 0 Å². The van der Waals surface area contributed by atoms with Crippen molar-refractivity contribution in [2.45, 2.75) is 63.3 Å². The Balaban J connectivity index is 1.24. The Hall–Kier alpha value is -2.59. The van der Waals surface area contributed by atoms with Crippen LogP contribution in [0.25, 0.3) is 16.7 Å². The minimum absolute atomic E-state index is 0.0605. The minimum Gasteiger partial charge on any atom is -0.388 e. The molecule has 7 rings (SSSR count). The topological polar surface area (TPSA) is 88.8 Å². The molecule has 0 aliphatic carbocycles. The Labute approximate surface area is 211 Å². The van der Waals surface area contributed by atoms with Crippen LogP contribution in [0.1, 0.15) is 42.6 Å². The third-order valence-electron chi connectivity index (χ3n) is 8.67. The molecule has 1 aromatic carbocycles. The van der Waals surface area contributed by atoms with E-state index in [9.17, 15) is 5.11 Å². The predicted octanol–water partition coefficient (Wildman–Crippen LogP) is 2.35. The summed E-state index contributed by atoms with van der Waals surface area (Å²) in [6.07, 6.45) is 4.20. The van der Waals surface area contributed by atoms with Crippen LogP contribution in [0.5, 0.6) is 0 Å². The number of piperidine rings is 1. The van der Waals surface area contributed by atoms with Gasteiger partial charge in [0.15, 0.2) is 5.82 Å². The largest absolute Gasteiger partial charge is 0.388 e. The molecule has 4 aliphatic heterocycles. The summed E-state index contributed by atoms with van der Waals surface area (Å²) < 4.78 is 13.1. The van der Waals surface area contributed by atoms with Crippen LogP contribution in [0.3, 0.4) is 0 Å². The molecule has 4 saturated heterocycles. The number of β-amino-alcohol motifs (C(OH)–C–C–N with tert-alkyl or cyclic N) is 1. The maximum absolute atomic E-state index is 11.6. The number of ether oxygens (including phenoxy) is 2. The normalized spacial score (nSPS) is 30.9. The molecule has 0 amide bonds. The van der Waals surface area contributed by atoms with E-state index in [1.807, 2.05) is 24.7 Å². The fourth-order valence-electron chi connectivity index (χ4n) is 6.68. The maximum Gasteiger partial charge on any atom is 0.159 e. The zero-order chi connectivity index (χ0) is 24.6. The van der Waals surface area contributed by atoms with E-state index in [0.717, 1.165) is 74.1 Å². The van der Waals surface area contributed by atoms with E-state index >= 15 is 0 Å². The van der Waals surface area contributed by atoms with E-state index in [1.165, 1.54) is 11.1 Å². The first-order chi connectivity index (χ1) is 17.4. The highest BCUT2D eigenvalue weighted by atomic mass is 16.5. The zero-order valence-electron chi connectivity index (χ0n) is 21.2. The summed E-state index contributed by atoms with van der Waals surface area (Å²) in [5.41, 5.74) is 2.59. The van der Waals surface area contributed by atoms with Crippen molar-refractivity contribution in [3.05, 3.63) is 41.3 Å². The number of hydrogen-bond donors (Lipinski definition) is 1. The van der Waals surface area contributed by atoms with Gasteiger partial charge in [0.1, 0.15) is 11.6 Å². The summed E-state index contributed by atoms with van der Waals surface area (Å²) in [6, 6.07) is 7.30. The average Bonchev–Trinajstić information content (AvgIpc) is 3.52. The van der Waals surface area contributed by atoms with E-state index in [0.29, 0.717) is 24.7 Å². The van der Waals surface area contributed by atoms with Crippen molar-refractivity contribution in [1.29, 1.82) is 0 Å². The van der Waals surface area contributed by atoms with Crippen LogP contribution in [-0.4, -0.2) is 93.0 Å². The van der Waals surface area contributed by atoms with Crippen molar-refractivity contribution < 1.29 is 14.6 Å². The molecule has 36 heavy (non-hydrogen) atoms. The Kier molecular flexibility index (Phi) is 5.15. The Bertz CT molecular complexity index is 1320. The maximum atomic E-state index is 11.6. The van der Waals surface area contributed by atoms with Gasteiger partial charge in [0, 0.05) is 30.5 Å². The highest BCUT2D eigenvalue weighted by molar-refractivity contribution is 5.82. The lowest BCUT2D eigenvalue weighted by atomic mass is 9.76. The first-order valence-corrected chi connectivity index (χ1v) is 13.1. The number of morpholine rings is 1. The Morgan fingerprint density at radius 1 is 1.06 bits per heavy atom. The van der Waals surface area contributed by atoms with Gasteiger partial charge in [0.25, 0.3) is 0 Å². The van der Waals surface area contributed by atoms with Gasteiger partial charge in [-0.05, 0) is 63.4 Å². The molecule has 4 atom stereocenters. The number of aromatic nitrogens is 4. The highest BCUT2D eigenvalue weighted by Gasteiger charge is 2.43. The summed E-state index contributed by atoms with van der Waals surface area (Å²) >= 11 is 0. The predicted molar refractivity (Wildman–Crippen MR) is 136 cm³/mol. The molecule has 4 fully saturated rings. The number of fused-ring (bicyclic) bond motifs is 3. The van der Waals surface area contributed by atoms with Gasteiger partial charge in [0.05, 0.1) is 55.3 Å². The molecule has 6 heterocycles. The lowest BCUT2D eigenvalue weighted by Gasteiger charge is -2.48. The van der Waals surface area contributed by atoms with E-state index in [4.69, 9.17) is 24.5 Å². The smallest absolute Gasteiger partial charge is 0.159 e. The van der Waals surface area contributed by atoms with Crippen LogP contribution < -0.4 is 4.90 Å². The molecule has 9 nitrogen and oxygen atoms in total. The minimum atomic E-state index is -0.813. The first kappa shape index (κ1) is 22.6. The van der Waals surface area contributed by atoms with E-state index in [2.05, 4.69) is 34.9 Å². The van der Waals surface area contributed by atoms with E-state index < -0.39 is 5.60 Å². The number of rotatable bonds is 4. The van der Waals surface area contributed by atoms with Gasteiger partial charge in [-0.2, -0.15) is 5.10 Å². The summed E-state index contributed by atoms with van der Waals surface area (Å²) in [4.78, 5) is 14.3. The van der Waals surface area contributed by atoms with Crippen molar-refractivity contribution in [3.8, 4) is 5.82 Å². The lowest BCUT2D eigenvalue weighted by molar-refractivity contribution is -0.113. The molecular weight excluding hydrogens is 456 g/mol. The van der Waals surface area contributed by atoms with Crippen molar-refractivity contribution in [3.63, 3.8) is 0 Å². The zero-order valence-corrected chi connectivity index (χ0v) is 21.2. The number of anilines is 1. The molecule has 0 spiro atoms. The standard InChI is InChI=1S/C27H34N6O3/c1-16-6-18-10-28-33(26-9-25(29-17(2)30-26)32-11-21-7-19(32)14-36-21)24(18)8-22(16)23-4-5-31(15-27(23,3)34)20-12-35-13-20/h6,8-10,19-21,23,34H,4-5,7,11-15H2,1-3H3. The SMILES string of the molecule is Cc1nc(N2CC3CC2CO3)cc(-n2ncc3cc(C)c(C4CCN(C5COC5)CC4(C)O)cc32)n1. The van der Waals surface area contributed by atoms with Gasteiger partial charge in [-0.25, -0.2) is 14.6 Å². The second kappa shape index (κ2) is 8.21. The first-order valence-electron chi connectivity index (χ1n) is 13.1. The van der Waals surface area contributed by atoms with E-state index in [1.54, 1.807) is 0 Å². The molecular formula is C27H34N6O3. The van der Waals surface area contributed by atoms with Crippen LogP contribution in [0.4, 0.5) is 5.82 Å². The number of aryl methyl sites for hydroxylation is 2. The Morgan fingerprint density at radius 3 is 2.58 bits per heavy atom. The molecule has 2 bridgehead atoms. The van der Waals surface area contributed by atoms with E-state index in [-0.39, 0.29) is 5.92 Å². The second-order valence-electron chi connectivity index (χ2n) is 11.3. The third-order valence-corrected chi connectivity index (χ3v) is 8.67. The number of likely N-dealkylation sites (tertiary alicyclic amines) is 1. The second-order valence-corrected chi connectivity index (χ2v) is 11.3. The van der Waals surface area contributed by atoms with Gasteiger partial charge in [-0.3, -0.25) is 4.90 Å². The average molecular weight is 491 g/mol. The number of aliphatic hydroxyl groups is 1. The summed E-state index contributed by atoms with van der Waals surface area (Å²) in [5, 5.41) is 17.4. The highest BCUT2D eigenvalue weighted by Crippen LogP contribution is 2.40. The summed E-state index contributed by atoms with van der Waals surface area (Å²) in [7, 11) is 0. The van der Waals surface area contributed by atoms with Gasteiger partial charge < -0.3 is 19.5 Å². The van der Waals surface area contributed by atoms with Crippen LogP contribution in [-0.2, 0) is 9.47 Å². The molecule has 4 unspecified atom stereocenters. The molecule has 1 N–H and O–H groups in total. The van der Waals surface area contributed by atoms with Crippen molar-refractivity contribution in [1.82, 2.24) is 24.6 Å². The summed E-state index contributed by atoms with van der Waals surface area (Å²) in [6.45, 7) is 10.9. The van der Waals surface area contributed by atoms with Crippen LogP contribution in [0, 0.1) is 13.8 Å². The molecule has 3 aromatic rings. The van der Waals surface area contributed by atoms with Crippen molar-refractivity contribution in [2.24, 2.45) is 0 Å². The monoisotopic (exact) mass is 490 g/mol.